The number of azo groups is 2. The highest BCUT2D eigenvalue weighted by atomic mass is 16.5. The van der Waals surface area contributed by atoms with Crippen molar-refractivity contribution in [2.45, 2.75) is 65.2 Å². The molecule has 8 heteroatoms. The number of nitrogens with one attached hydrogen (secondary N) is 1. The Bertz CT molecular complexity index is 1930. The number of hydrogen-bond donors (Lipinski definition) is 1. The summed E-state index contributed by atoms with van der Waals surface area (Å²) in [5.74, 6) is 0.540. The maximum absolute atomic E-state index is 11.4. The molecular formula is C42H47N5O3. The van der Waals surface area contributed by atoms with Crippen molar-refractivity contribution in [3.05, 3.63) is 109 Å². The molecule has 0 radical (unpaired) electrons. The Balaban J connectivity index is 1.08. The van der Waals surface area contributed by atoms with Gasteiger partial charge in [0.2, 0.25) is 0 Å². The monoisotopic (exact) mass is 669 g/mol. The Kier molecular flexibility index (Phi) is 13.6. The van der Waals surface area contributed by atoms with E-state index in [-0.39, 0.29) is 5.97 Å². The summed E-state index contributed by atoms with van der Waals surface area (Å²) in [4.78, 5) is 11.4. The van der Waals surface area contributed by atoms with Crippen LogP contribution in [0, 0.1) is 0 Å². The second-order valence-electron chi connectivity index (χ2n) is 12.3. The van der Waals surface area contributed by atoms with E-state index in [1.54, 1.807) is 6.92 Å². The standard InChI is InChI=1S/C42H47N5O3/c1-4-43-38-25-26-40(35-18-12-11-17-34(35)38)46-47-41-28-27-39(36-19-13-14-20-37(36)41)45-44-32-21-23-33(24-22-32)49-29-15-9-7-5-6-8-10-16-30-50-42(48)31(2)3/h11-14,17-28,43H,2,4-10,15-16,29-30H2,1,3H3/b45-44+,47-46+. The molecular weight excluding hydrogens is 622 g/mol. The van der Waals surface area contributed by atoms with Crippen molar-refractivity contribution >= 4 is 56.0 Å². The molecule has 0 fully saturated rings. The van der Waals surface area contributed by atoms with Crippen molar-refractivity contribution in [2.24, 2.45) is 20.5 Å². The number of benzene rings is 5. The molecule has 0 saturated carbocycles. The molecule has 0 aliphatic heterocycles. The summed E-state index contributed by atoms with van der Waals surface area (Å²) in [6, 6.07) is 32.0. The summed E-state index contributed by atoms with van der Waals surface area (Å²) in [6.07, 6.45) is 8.98. The summed E-state index contributed by atoms with van der Waals surface area (Å²) in [7, 11) is 0. The number of fused-ring (bicyclic) bond motifs is 2. The quantitative estimate of drug-likeness (QED) is 0.0409. The third kappa shape index (κ3) is 10.3. The molecule has 0 bridgehead atoms. The number of anilines is 1. The maximum Gasteiger partial charge on any atom is 0.333 e. The van der Waals surface area contributed by atoms with Gasteiger partial charge in [-0.15, -0.1) is 15.3 Å². The molecule has 0 aliphatic rings. The molecule has 258 valence electrons. The molecule has 0 atom stereocenters. The first-order chi connectivity index (χ1) is 24.5. The van der Waals surface area contributed by atoms with Crippen LogP contribution in [-0.2, 0) is 9.53 Å². The van der Waals surface area contributed by atoms with E-state index in [4.69, 9.17) is 9.47 Å². The zero-order chi connectivity index (χ0) is 35.0. The average Bonchev–Trinajstić information content (AvgIpc) is 3.14. The summed E-state index contributed by atoms with van der Waals surface area (Å²) < 4.78 is 11.1. The Labute approximate surface area is 295 Å². The minimum Gasteiger partial charge on any atom is -0.494 e. The lowest BCUT2D eigenvalue weighted by Crippen LogP contribution is -2.05. The number of unbranched alkanes of at least 4 members (excludes halogenated alkanes) is 7. The van der Waals surface area contributed by atoms with Gasteiger partial charge in [0.15, 0.2) is 0 Å². The average molecular weight is 670 g/mol. The molecule has 0 spiro atoms. The van der Waals surface area contributed by atoms with Crippen LogP contribution >= 0.6 is 0 Å². The van der Waals surface area contributed by atoms with Crippen molar-refractivity contribution in [3.8, 4) is 5.75 Å². The number of nitrogens with zero attached hydrogens (tertiary/aromatic N) is 4. The molecule has 5 aromatic rings. The van der Waals surface area contributed by atoms with Crippen LogP contribution in [0.3, 0.4) is 0 Å². The second kappa shape index (κ2) is 19.0. The van der Waals surface area contributed by atoms with Crippen molar-refractivity contribution in [1.29, 1.82) is 0 Å². The van der Waals surface area contributed by atoms with Crippen LogP contribution < -0.4 is 10.1 Å². The van der Waals surface area contributed by atoms with Crippen LogP contribution in [0.15, 0.2) is 130 Å². The lowest BCUT2D eigenvalue weighted by molar-refractivity contribution is -0.139. The van der Waals surface area contributed by atoms with Gasteiger partial charge in [0.25, 0.3) is 0 Å². The van der Waals surface area contributed by atoms with E-state index in [0.717, 1.165) is 88.0 Å². The summed E-state index contributed by atoms with van der Waals surface area (Å²) >= 11 is 0. The molecule has 0 saturated heterocycles. The Hall–Kier alpha value is -5.37. The third-order valence-electron chi connectivity index (χ3n) is 8.41. The van der Waals surface area contributed by atoms with E-state index in [9.17, 15) is 4.79 Å². The molecule has 0 aliphatic carbocycles. The summed E-state index contributed by atoms with van der Waals surface area (Å²) in [6.45, 7) is 9.39. The highest BCUT2D eigenvalue weighted by Gasteiger charge is 2.08. The first-order valence-electron chi connectivity index (χ1n) is 17.7. The number of rotatable bonds is 19. The number of carbonyl (C=O) groups is 1. The van der Waals surface area contributed by atoms with Crippen molar-refractivity contribution in [1.82, 2.24) is 0 Å². The highest BCUT2D eigenvalue weighted by molar-refractivity contribution is 6.01. The minimum atomic E-state index is -0.294. The zero-order valence-corrected chi connectivity index (χ0v) is 29.2. The van der Waals surface area contributed by atoms with Gasteiger partial charge in [-0.3, -0.25) is 0 Å². The predicted molar refractivity (Wildman–Crippen MR) is 205 cm³/mol. The Morgan fingerprint density at radius 2 is 1.08 bits per heavy atom. The van der Waals surface area contributed by atoms with Crippen LogP contribution in [0.25, 0.3) is 21.5 Å². The van der Waals surface area contributed by atoms with E-state index >= 15 is 0 Å². The SMILES string of the molecule is C=C(C)C(=O)OCCCCCCCCCCOc1ccc(/N=N/c2ccc(/N=N/c3ccc(NCC)c4ccccc34)c3ccccc23)cc1. The van der Waals surface area contributed by atoms with Gasteiger partial charge in [0.1, 0.15) is 5.75 Å². The lowest BCUT2D eigenvalue weighted by Gasteiger charge is -2.09. The molecule has 0 aromatic heterocycles. The van der Waals surface area contributed by atoms with Gasteiger partial charge in [-0.05, 0) is 75.2 Å². The normalized spacial score (nSPS) is 11.5. The second-order valence-corrected chi connectivity index (χ2v) is 12.3. The Morgan fingerprint density at radius 3 is 1.64 bits per heavy atom. The molecule has 5 aromatic carbocycles. The van der Waals surface area contributed by atoms with Crippen LogP contribution in [0.5, 0.6) is 5.75 Å². The molecule has 0 unspecified atom stereocenters. The van der Waals surface area contributed by atoms with Gasteiger partial charge in [0, 0.05) is 39.4 Å². The number of esters is 1. The predicted octanol–water partition coefficient (Wildman–Crippen LogP) is 12.9. The zero-order valence-electron chi connectivity index (χ0n) is 29.2. The largest absolute Gasteiger partial charge is 0.494 e. The third-order valence-corrected chi connectivity index (χ3v) is 8.41. The topological polar surface area (TPSA) is 97.0 Å². The molecule has 50 heavy (non-hydrogen) atoms. The van der Waals surface area contributed by atoms with Gasteiger partial charge >= 0.3 is 5.97 Å². The van der Waals surface area contributed by atoms with Crippen LogP contribution in [0.1, 0.15) is 65.2 Å². The fourth-order valence-corrected chi connectivity index (χ4v) is 5.73. The smallest absolute Gasteiger partial charge is 0.333 e. The number of carbonyl (C=O) groups excluding carboxylic acids is 1. The van der Waals surface area contributed by atoms with Gasteiger partial charge in [-0.1, -0.05) is 93.6 Å². The molecule has 0 heterocycles. The van der Waals surface area contributed by atoms with Gasteiger partial charge in [-0.25, -0.2) is 4.79 Å². The maximum atomic E-state index is 11.4. The van der Waals surface area contributed by atoms with E-state index in [1.807, 2.05) is 78.9 Å². The van der Waals surface area contributed by atoms with Crippen molar-refractivity contribution in [3.63, 3.8) is 0 Å². The Morgan fingerprint density at radius 1 is 0.600 bits per heavy atom. The molecule has 1 N–H and O–H groups in total. The fraction of sp³-hybridized carbons (Fsp3) is 0.310. The minimum absolute atomic E-state index is 0.294. The summed E-state index contributed by atoms with van der Waals surface area (Å²) in [5, 5.41) is 26.0. The van der Waals surface area contributed by atoms with E-state index < -0.39 is 0 Å². The highest BCUT2D eigenvalue weighted by Crippen LogP contribution is 2.37. The lowest BCUT2D eigenvalue weighted by atomic mass is 10.1. The number of ether oxygens (including phenoxy) is 2. The molecule has 5 rings (SSSR count). The summed E-state index contributed by atoms with van der Waals surface area (Å²) in [5.41, 5.74) is 4.67. The van der Waals surface area contributed by atoms with Crippen molar-refractivity contribution < 1.29 is 14.3 Å². The van der Waals surface area contributed by atoms with Crippen LogP contribution in [0.2, 0.25) is 0 Å². The van der Waals surface area contributed by atoms with Gasteiger partial charge < -0.3 is 14.8 Å². The van der Waals surface area contributed by atoms with E-state index in [2.05, 4.69) is 57.5 Å². The van der Waals surface area contributed by atoms with Crippen LogP contribution in [0.4, 0.5) is 28.4 Å². The molecule has 0 amide bonds. The van der Waals surface area contributed by atoms with E-state index in [0.29, 0.717) is 18.8 Å². The van der Waals surface area contributed by atoms with Gasteiger partial charge in [0.05, 0.1) is 36.0 Å². The van der Waals surface area contributed by atoms with Crippen LogP contribution in [-0.4, -0.2) is 25.7 Å². The fourth-order valence-electron chi connectivity index (χ4n) is 5.73. The first-order valence-corrected chi connectivity index (χ1v) is 17.7. The first kappa shape index (κ1) is 35.9. The van der Waals surface area contributed by atoms with Crippen molar-refractivity contribution in [2.75, 3.05) is 25.1 Å². The van der Waals surface area contributed by atoms with Gasteiger partial charge in [-0.2, -0.15) is 5.11 Å². The van der Waals surface area contributed by atoms with E-state index in [1.165, 1.54) is 25.7 Å². The molecule has 8 nitrogen and oxygen atoms in total. The number of hydrogen-bond acceptors (Lipinski definition) is 8.